The van der Waals surface area contributed by atoms with E-state index >= 15 is 0 Å². The number of alkyl halides is 1. The Morgan fingerprint density at radius 3 is 2.38 bits per heavy atom. The summed E-state index contributed by atoms with van der Waals surface area (Å²) in [6.45, 7) is 1.69. The molecule has 1 saturated heterocycles. The molecule has 4 nitrogen and oxygen atoms in total. The molecule has 3 rings (SSSR count). The zero-order valence-electron chi connectivity index (χ0n) is 14.6. The first-order valence-corrected chi connectivity index (χ1v) is 10.2. The average Bonchev–Trinajstić information content (AvgIpc) is 3.29. The number of ether oxygens (including phenoxy) is 1. The van der Waals surface area contributed by atoms with Gasteiger partial charge in [0.2, 0.25) is 0 Å². The third-order valence-electron chi connectivity index (χ3n) is 5.09. The standard InChI is InChI=1S/C18H25NO3.CH3Br/c1-19-12-11-16(13-19)22-17(20)18(21,15-9-5-6-10-15)14-7-3-2-4-8-14;1-2/h2-4,7-8,15-16,21H,5-6,9-13H2,1H3;1H3. The minimum atomic E-state index is -1.50. The molecule has 0 spiro atoms. The molecule has 1 saturated carbocycles. The highest BCUT2D eigenvalue weighted by Gasteiger charge is 2.48. The Morgan fingerprint density at radius 1 is 1.21 bits per heavy atom. The fraction of sp³-hybridized carbons (Fsp3) is 0.632. The molecule has 0 amide bonds. The van der Waals surface area contributed by atoms with Gasteiger partial charge < -0.3 is 14.7 Å². The first-order valence-electron chi connectivity index (χ1n) is 8.66. The van der Waals surface area contributed by atoms with E-state index in [0.29, 0.717) is 5.56 Å². The number of halogens is 1. The summed E-state index contributed by atoms with van der Waals surface area (Å²) in [4.78, 5) is 15.0. The van der Waals surface area contributed by atoms with Crippen molar-refractivity contribution in [1.82, 2.24) is 4.90 Å². The van der Waals surface area contributed by atoms with Crippen LogP contribution in [-0.4, -0.2) is 48.0 Å². The van der Waals surface area contributed by atoms with Crippen LogP contribution < -0.4 is 0 Å². The molecule has 5 heteroatoms. The molecule has 1 aliphatic heterocycles. The number of rotatable bonds is 4. The lowest BCUT2D eigenvalue weighted by Crippen LogP contribution is -2.45. The monoisotopic (exact) mass is 397 g/mol. The van der Waals surface area contributed by atoms with Crippen molar-refractivity contribution in [1.29, 1.82) is 0 Å². The Hall–Kier alpha value is -0.910. The van der Waals surface area contributed by atoms with E-state index in [2.05, 4.69) is 20.8 Å². The van der Waals surface area contributed by atoms with E-state index in [-0.39, 0.29) is 12.0 Å². The second kappa shape index (κ2) is 8.97. The summed E-state index contributed by atoms with van der Waals surface area (Å²) in [6.07, 6.45) is 4.64. The van der Waals surface area contributed by atoms with Gasteiger partial charge in [0, 0.05) is 19.0 Å². The number of likely N-dealkylation sites (tertiary alicyclic amines) is 1. The molecule has 24 heavy (non-hydrogen) atoms. The molecule has 1 aliphatic carbocycles. The second-order valence-corrected chi connectivity index (χ2v) is 6.69. The van der Waals surface area contributed by atoms with Gasteiger partial charge in [-0.2, -0.15) is 0 Å². The fourth-order valence-electron chi connectivity index (χ4n) is 3.79. The van der Waals surface area contributed by atoms with Crippen molar-refractivity contribution in [2.75, 3.05) is 26.0 Å². The highest BCUT2D eigenvalue weighted by Crippen LogP contribution is 2.41. The van der Waals surface area contributed by atoms with Gasteiger partial charge in [0.05, 0.1) is 0 Å². The van der Waals surface area contributed by atoms with E-state index in [1.54, 1.807) is 0 Å². The van der Waals surface area contributed by atoms with Crippen LogP contribution in [-0.2, 0) is 15.1 Å². The molecule has 2 fully saturated rings. The van der Waals surface area contributed by atoms with Crippen LogP contribution in [0.3, 0.4) is 0 Å². The summed E-state index contributed by atoms with van der Waals surface area (Å²) in [6, 6.07) is 9.30. The van der Waals surface area contributed by atoms with E-state index in [0.717, 1.165) is 45.2 Å². The minimum Gasteiger partial charge on any atom is -0.459 e. The Labute approximate surface area is 153 Å². The summed E-state index contributed by atoms with van der Waals surface area (Å²) in [7, 11) is 2.02. The van der Waals surface area contributed by atoms with Crippen molar-refractivity contribution in [3.05, 3.63) is 35.9 Å². The molecule has 2 unspecified atom stereocenters. The van der Waals surface area contributed by atoms with Crippen molar-refractivity contribution in [3.63, 3.8) is 0 Å². The normalized spacial score (nSPS) is 24.1. The number of benzene rings is 1. The average molecular weight is 398 g/mol. The van der Waals surface area contributed by atoms with Crippen LogP contribution in [0.2, 0.25) is 0 Å². The number of carbonyl (C=O) groups excluding carboxylic acids is 1. The largest absolute Gasteiger partial charge is 0.459 e. The smallest absolute Gasteiger partial charge is 0.343 e. The molecular formula is C19H28BrNO3. The lowest BCUT2D eigenvalue weighted by Gasteiger charge is -2.33. The SMILES string of the molecule is CBr.CN1CCC(OC(=O)C(O)(c2ccccc2)C2CCCC2)C1. The molecule has 0 aromatic heterocycles. The minimum absolute atomic E-state index is 0.0402. The zero-order valence-corrected chi connectivity index (χ0v) is 16.2. The van der Waals surface area contributed by atoms with Crippen molar-refractivity contribution in [2.24, 2.45) is 5.92 Å². The van der Waals surface area contributed by atoms with Crippen LogP contribution in [0.25, 0.3) is 0 Å². The number of hydrogen-bond acceptors (Lipinski definition) is 4. The van der Waals surface area contributed by atoms with Gasteiger partial charge in [0.1, 0.15) is 6.10 Å². The van der Waals surface area contributed by atoms with Gasteiger partial charge in [-0.3, -0.25) is 0 Å². The fourth-order valence-corrected chi connectivity index (χ4v) is 3.79. The van der Waals surface area contributed by atoms with Crippen LogP contribution in [0.5, 0.6) is 0 Å². The van der Waals surface area contributed by atoms with E-state index in [1.807, 2.05) is 43.2 Å². The molecule has 2 aliphatic rings. The van der Waals surface area contributed by atoms with E-state index < -0.39 is 11.6 Å². The second-order valence-electron chi connectivity index (χ2n) is 6.69. The van der Waals surface area contributed by atoms with Gasteiger partial charge >= 0.3 is 5.97 Å². The number of hydrogen-bond donors (Lipinski definition) is 1. The molecule has 1 aromatic carbocycles. The molecule has 2 atom stereocenters. The molecule has 1 N–H and O–H groups in total. The molecule has 0 bridgehead atoms. The summed E-state index contributed by atoms with van der Waals surface area (Å²) in [5.74, 6) is 1.31. The zero-order chi connectivity index (χ0) is 17.6. The predicted octanol–water partition coefficient (Wildman–Crippen LogP) is 3.32. The van der Waals surface area contributed by atoms with Gasteiger partial charge in [0.15, 0.2) is 5.60 Å². The topological polar surface area (TPSA) is 49.8 Å². The highest BCUT2D eigenvalue weighted by atomic mass is 79.9. The Morgan fingerprint density at radius 2 is 1.83 bits per heavy atom. The lowest BCUT2D eigenvalue weighted by atomic mass is 9.80. The first kappa shape index (κ1) is 19.4. The summed E-state index contributed by atoms with van der Waals surface area (Å²) in [5.41, 5.74) is -0.836. The molecule has 0 radical (unpaired) electrons. The summed E-state index contributed by atoms with van der Waals surface area (Å²) >= 11 is 2.94. The van der Waals surface area contributed by atoms with Crippen LogP contribution in [0.15, 0.2) is 30.3 Å². The highest BCUT2D eigenvalue weighted by molar-refractivity contribution is 9.08. The van der Waals surface area contributed by atoms with Gasteiger partial charge in [-0.25, -0.2) is 4.79 Å². The number of esters is 1. The third kappa shape index (κ3) is 4.19. The van der Waals surface area contributed by atoms with Crippen LogP contribution in [0.1, 0.15) is 37.7 Å². The Balaban J connectivity index is 0.00000100. The molecular weight excluding hydrogens is 370 g/mol. The van der Waals surface area contributed by atoms with Crippen LogP contribution in [0, 0.1) is 5.92 Å². The lowest BCUT2D eigenvalue weighted by molar-refractivity contribution is -0.178. The number of carbonyl (C=O) groups is 1. The van der Waals surface area contributed by atoms with E-state index in [9.17, 15) is 9.90 Å². The number of aliphatic hydroxyl groups is 1. The van der Waals surface area contributed by atoms with Gasteiger partial charge in [-0.05, 0) is 37.7 Å². The quantitative estimate of drug-likeness (QED) is 0.625. The van der Waals surface area contributed by atoms with Crippen LogP contribution in [0.4, 0.5) is 0 Å². The maximum atomic E-state index is 12.8. The molecule has 1 aromatic rings. The van der Waals surface area contributed by atoms with Gasteiger partial charge in [-0.1, -0.05) is 59.1 Å². The van der Waals surface area contributed by atoms with Crippen molar-refractivity contribution in [2.45, 2.75) is 43.8 Å². The first-order chi connectivity index (χ1) is 11.6. The Kier molecular flexibility index (Phi) is 7.26. The van der Waals surface area contributed by atoms with Gasteiger partial charge in [-0.15, -0.1) is 0 Å². The third-order valence-corrected chi connectivity index (χ3v) is 5.09. The summed E-state index contributed by atoms with van der Waals surface area (Å²) in [5, 5.41) is 11.3. The number of nitrogens with zero attached hydrogens (tertiary/aromatic N) is 1. The number of likely N-dealkylation sites (N-methyl/N-ethyl adjacent to an activating group) is 1. The summed E-state index contributed by atoms with van der Waals surface area (Å²) < 4.78 is 5.68. The maximum absolute atomic E-state index is 12.8. The van der Waals surface area contributed by atoms with E-state index in [4.69, 9.17) is 4.74 Å². The van der Waals surface area contributed by atoms with E-state index in [1.165, 1.54) is 0 Å². The molecule has 134 valence electrons. The van der Waals surface area contributed by atoms with Gasteiger partial charge in [0.25, 0.3) is 0 Å². The van der Waals surface area contributed by atoms with Crippen molar-refractivity contribution in [3.8, 4) is 0 Å². The van der Waals surface area contributed by atoms with Crippen molar-refractivity contribution >= 4 is 21.9 Å². The molecule has 1 heterocycles. The van der Waals surface area contributed by atoms with Crippen LogP contribution >= 0.6 is 15.9 Å². The maximum Gasteiger partial charge on any atom is 0.343 e. The predicted molar refractivity (Wildman–Crippen MR) is 99.1 cm³/mol. The Bertz CT molecular complexity index is 519. The van der Waals surface area contributed by atoms with Crippen molar-refractivity contribution < 1.29 is 14.6 Å².